The number of aliphatic carboxylic acids is 1. The van der Waals surface area contributed by atoms with Crippen LogP contribution in [0.25, 0.3) is 6.08 Å². The second-order valence-electron chi connectivity index (χ2n) is 6.62. The van der Waals surface area contributed by atoms with Crippen LogP contribution in [0.4, 0.5) is 4.79 Å². The van der Waals surface area contributed by atoms with E-state index in [2.05, 4.69) is 5.32 Å². The van der Waals surface area contributed by atoms with E-state index in [-0.39, 0.29) is 36.6 Å². The maximum Gasteiger partial charge on any atom is 0.407 e. The molecule has 0 heterocycles. The highest BCUT2D eigenvalue weighted by molar-refractivity contribution is 5.85. The molecule has 0 saturated heterocycles. The van der Waals surface area contributed by atoms with E-state index >= 15 is 0 Å². The molecule has 0 aliphatic rings. The minimum atomic E-state index is -1.51. The number of nitrogens with one attached hydrogen (secondary N) is 1. The molecule has 2 aromatic rings. The van der Waals surface area contributed by atoms with Gasteiger partial charge in [0.25, 0.3) is 0 Å². The van der Waals surface area contributed by atoms with Gasteiger partial charge in [-0.2, -0.15) is 0 Å². The molecule has 0 aromatic heterocycles. The van der Waals surface area contributed by atoms with Crippen LogP contribution in [-0.2, 0) is 16.1 Å². The number of carbonyl (C=O) groups excluding carboxylic acids is 1. The van der Waals surface area contributed by atoms with E-state index in [1.165, 1.54) is 25.3 Å². The topological polar surface area (TPSA) is 146 Å². The standard InChI is InChI=1S/C22H25NO8/c1-30-18-12-15(7-8-19(25)26)11-16(21(18)28)20(27)17(24)9-10-23-22(29)31-13-14-5-3-2-4-6-14/h2-8,11-12,17,20,24,27-28H,9-10,13H2,1H3,(H,23,29)(H,25,26). The SMILES string of the molecule is COc1cc(C=CC(=O)O)cc(C(O)C(O)CCNC(=O)OCc2ccccc2)c1O. The Balaban J connectivity index is 1.94. The molecule has 2 rings (SSSR count). The Kier molecular flexibility index (Phi) is 8.86. The summed E-state index contributed by atoms with van der Waals surface area (Å²) in [5, 5.41) is 42.3. The van der Waals surface area contributed by atoms with Gasteiger partial charge in [0.2, 0.25) is 0 Å². The summed E-state index contributed by atoms with van der Waals surface area (Å²) < 4.78 is 10.1. The van der Waals surface area contributed by atoms with Crippen molar-refractivity contribution < 1.29 is 39.5 Å². The van der Waals surface area contributed by atoms with Crippen molar-refractivity contribution in [2.24, 2.45) is 0 Å². The number of amides is 1. The van der Waals surface area contributed by atoms with Gasteiger partial charge in [0.1, 0.15) is 12.7 Å². The van der Waals surface area contributed by atoms with Gasteiger partial charge < -0.3 is 35.2 Å². The molecular weight excluding hydrogens is 406 g/mol. The fraction of sp³-hybridized carbons (Fsp3) is 0.273. The quantitative estimate of drug-likeness (QED) is 0.360. The van der Waals surface area contributed by atoms with Gasteiger partial charge in [0, 0.05) is 18.2 Å². The average molecular weight is 431 g/mol. The van der Waals surface area contributed by atoms with Gasteiger partial charge in [-0.05, 0) is 35.8 Å². The number of methoxy groups -OCH3 is 1. The maximum absolute atomic E-state index is 11.8. The van der Waals surface area contributed by atoms with E-state index in [0.29, 0.717) is 5.56 Å². The average Bonchev–Trinajstić information content (AvgIpc) is 2.77. The molecule has 0 aliphatic carbocycles. The van der Waals surface area contributed by atoms with Gasteiger partial charge in [-0.25, -0.2) is 9.59 Å². The number of carboxylic acids is 1. The summed E-state index contributed by atoms with van der Waals surface area (Å²) in [6.45, 7) is 0.116. The lowest BCUT2D eigenvalue weighted by molar-refractivity contribution is -0.131. The molecule has 0 fully saturated rings. The van der Waals surface area contributed by atoms with Crippen molar-refractivity contribution in [2.75, 3.05) is 13.7 Å². The third-order valence-corrected chi connectivity index (χ3v) is 4.37. The molecule has 9 heteroatoms. The number of carboxylic acid groups (broad SMARTS) is 1. The Morgan fingerprint density at radius 3 is 2.52 bits per heavy atom. The first-order chi connectivity index (χ1) is 14.8. The number of aromatic hydroxyl groups is 1. The van der Waals surface area contributed by atoms with Crippen LogP contribution in [0, 0.1) is 0 Å². The second kappa shape index (κ2) is 11.6. The highest BCUT2D eigenvalue weighted by Gasteiger charge is 2.24. The van der Waals surface area contributed by atoms with Crippen LogP contribution < -0.4 is 10.1 Å². The smallest absolute Gasteiger partial charge is 0.407 e. The predicted molar refractivity (Wildman–Crippen MR) is 112 cm³/mol. The second-order valence-corrected chi connectivity index (χ2v) is 6.62. The van der Waals surface area contributed by atoms with Crippen LogP contribution in [-0.4, -0.2) is 52.2 Å². The molecule has 0 saturated carbocycles. The molecule has 31 heavy (non-hydrogen) atoms. The number of hydrogen-bond acceptors (Lipinski definition) is 7. The largest absolute Gasteiger partial charge is 0.504 e. The number of rotatable bonds is 10. The van der Waals surface area contributed by atoms with Crippen LogP contribution in [0.5, 0.6) is 11.5 Å². The predicted octanol–water partition coefficient (Wildman–Crippen LogP) is 2.21. The maximum atomic E-state index is 11.8. The van der Waals surface area contributed by atoms with E-state index in [1.54, 1.807) is 0 Å². The molecule has 0 bridgehead atoms. The lowest BCUT2D eigenvalue weighted by Crippen LogP contribution is -2.29. The Morgan fingerprint density at radius 1 is 1.16 bits per heavy atom. The van der Waals surface area contributed by atoms with E-state index in [1.807, 2.05) is 30.3 Å². The van der Waals surface area contributed by atoms with Gasteiger partial charge >= 0.3 is 12.1 Å². The first kappa shape index (κ1) is 23.7. The summed E-state index contributed by atoms with van der Waals surface area (Å²) in [5.74, 6) is -1.53. The van der Waals surface area contributed by atoms with Crippen LogP contribution in [0.15, 0.2) is 48.5 Å². The molecule has 2 unspecified atom stereocenters. The molecule has 2 aromatic carbocycles. The fourth-order valence-electron chi connectivity index (χ4n) is 2.76. The third-order valence-electron chi connectivity index (χ3n) is 4.37. The van der Waals surface area contributed by atoms with E-state index in [0.717, 1.165) is 11.6 Å². The molecule has 5 N–H and O–H groups in total. The van der Waals surface area contributed by atoms with Crippen molar-refractivity contribution >= 4 is 18.1 Å². The van der Waals surface area contributed by atoms with Crippen molar-refractivity contribution in [2.45, 2.75) is 25.2 Å². The number of aliphatic hydroxyl groups is 2. The number of alkyl carbamates (subject to hydrolysis) is 1. The summed E-state index contributed by atoms with van der Waals surface area (Å²) in [4.78, 5) is 22.5. The molecule has 0 radical (unpaired) electrons. The highest BCUT2D eigenvalue weighted by atomic mass is 16.5. The number of ether oxygens (including phenoxy) is 2. The first-order valence-electron chi connectivity index (χ1n) is 9.44. The Labute approximate surface area is 179 Å². The van der Waals surface area contributed by atoms with Gasteiger partial charge in [0.15, 0.2) is 11.5 Å². The van der Waals surface area contributed by atoms with Gasteiger partial charge in [-0.3, -0.25) is 0 Å². The Bertz CT molecular complexity index is 913. The van der Waals surface area contributed by atoms with E-state index in [4.69, 9.17) is 14.6 Å². The van der Waals surface area contributed by atoms with Gasteiger partial charge in [-0.1, -0.05) is 30.3 Å². The number of phenols is 1. The van der Waals surface area contributed by atoms with E-state index < -0.39 is 24.3 Å². The van der Waals surface area contributed by atoms with Crippen LogP contribution >= 0.6 is 0 Å². The monoisotopic (exact) mass is 431 g/mol. The normalized spacial score (nSPS) is 12.9. The minimum Gasteiger partial charge on any atom is -0.504 e. The van der Waals surface area contributed by atoms with Crippen molar-refractivity contribution in [3.05, 3.63) is 65.2 Å². The van der Waals surface area contributed by atoms with Crippen molar-refractivity contribution in [3.8, 4) is 11.5 Å². The third kappa shape index (κ3) is 7.32. The van der Waals surface area contributed by atoms with E-state index in [9.17, 15) is 24.9 Å². The molecule has 166 valence electrons. The molecule has 0 aliphatic heterocycles. The zero-order valence-electron chi connectivity index (χ0n) is 16.9. The minimum absolute atomic E-state index is 0.0106. The summed E-state index contributed by atoms with van der Waals surface area (Å²) >= 11 is 0. The molecular formula is C22H25NO8. The zero-order valence-corrected chi connectivity index (χ0v) is 16.9. The van der Waals surface area contributed by atoms with Crippen LogP contribution in [0.3, 0.4) is 0 Å². The van der Waals surface area contributed by atoms with Gasteiger partial charge in [0.05, 0.1) is 13.2 Å². The van der Waals surface area contributed by atoms with Crippen molar-refractivity contribution in [1.82, 2.24) is 5.32 Å². The van der Waals surface area contributed by atoms with Gasteiger partial charge in [-0.15, -0.1) is 0 Å². The first-order valence-corrected chi connectivity index (χ1v) is 9.44. The number of aliphatic hydroxyl groups excluding tert-OH is 2. The molecule has 9 nitrogen and oxygen atoms in total. The Morgan fingerprint density at radius 2 is 1.87 bits per heavy atom. The fourth-order valence-corrected chi connectivity index (χ4v) is 2.76. The van der Waals surface area contributed by atoms with Crippen LogP contribution in [0.1, 0.15) is 29.2 Å². The highest BCUT2D eigenvalue weighted by Crippen LogP contribution is 2.37. The summed E-state index contributed by atoms with van der Waals surface area (Å²) in [6, 6.07) is 11.9. The zero-order chi connectivity index (χ0) is 22.8. The number of hydrogen-bond donors (Lipinski definition) is 5. The molecule has 2 atom stereocenters. The Hall–Kier alpha value is -3.56. The number of benzene rings is 2. The summed E-state index contributed by atoms with van der Waals surface area (Å²) in [7, 11) is 1.30. The molecule has 1 amide bonds. The molecule has 0 spiro atoms. The lowest BCUT2D eigenvalue weighted by Gasteiger charge is -2.21. The number of carbonyl (C=O) groups is 2. The lowest BCUT2D eigenvalue weighted by atomic mass is 9.98. The van der Waals surface area contributed by atoms with Crippen molar-refractivity contribution in [3.63, 3.8) is 0 Å². The summed E-state index contributed by atoms with van der Waals surface area (Å²) in [6.07, 6.45) is -1.38. The van der Waals surface area contributed by atoms with Crippen LogP contribution in [0.2, 0.25) is 0 Å². The van der Waals surface area contributed by atoms with Crippen molar-refractivity contribution in [1.29, 1.82) is 0 Å². The number of phenolic OH excluding ortho intramolecular Hbond substituents is 1. The summed E-state index contributed by atoms with van der Waals surface area (Å²) in [5.41, 5.74) is 1.14.